The smallest absolute Gasteiger partial charge is 0.237 e. The molecule has 1 heterocycles. The number of para-hydroxylation sites is 1. The summed E-state index contributed by atoms with van der Waals surface area (Å²) in [4.78, 5) is 8.14. The normalized spacial score (nSPS) is 13.1. The monoisotopic (exact) mass is 452 g/mol. The molecule has 0 amide bonds. The van der Waals surface area contributed by atoms with Crippen LogP contribution in [0, 0.1) is 0 Å². The van der Waals surface area contributed by atoms with E-state index in [0.717, 1.165) is 23.6 Å². The number of hydrogen-bond acceptors (Lipinski definition) is 3. The third kappa shape index (κ3) is 4.72. The molecule has 1 aliphatic rings. The zero-order chi connectivity index (χ0) is 16.3. The average Bonchev–Trinajstić information content (AvgIpc) is 2.87. The number of benzene rings is 1. The minimum Gasteiger partial charge on any atom is -0.349 e. The Bertz CT molecular complexity index is 649. The van der Waals surface area contributed by atoms with Crippen molar-refractivity contribution >= 4 is 45.6 Å². The molecule has 0 fully saturated rings. The quantitative estimate of drug-likeness (QED) is 0.395. The molecule has 1 aromatic rings. The van der Waals surface area contributed by atoms with E-state index in [0.29, 0.717) is 6.54 Å². The second kappa shape index (κ2) is 8.18. The van der Waals surface area contributed by atoms with Crippen molar-refractivity contribution in [1.29, 1.82) is 0 Å². The maximum Gasteiger partial charge on any atom is 0.237 e. The molecule has 6 nitrogen and oxygen atoms in total. The molecular formula is C15H25IN4O2S. The number of sulfonamides is 1. The molecule has 1 aliphatic heterocycles. The van der Waals surface area contributed by atoms with Crippen molar-refractivity contribution in [3.05, 3.63) is 29.8 Å². The molecule has 0 radical (unpaired) electrons. The van der Waals surface area contributed by atoms with Gasteiger partial charge in [0.05, 0.1) is 18.0 Å². The summed E-state index contributed by atoms with van der Waals surface area (Å²) < 4.78 is 26.6. The van der Waals surface area contributed by atoms with Crippen LogP contribution in [0.15, 0.2) is 29.3 Å². The molecular weight excluding hydrogens is 427 g/mol. The number of rotatable bonds is 4. The number of guanidine groups is 1. The predicted molar refractivity (Wildman–Crippen MR) is 106 cm³/mol. The molecule has 0 unspecified atom stereocenters. The fourth-order valence-electron chi connectivity index (χ4n) is 2.65. The predicted octanol–water partition coefficient (Wildman–Crippen LogP) is 1.48. The Labute approximate surface area is 156 Å². The summed E-state index contributed by atoms with van der Waals surface area (Å²) >= 11 is 0. The van der Waals surface area contributed by atoms with E-state index in [4.69, 9.17) is 0 Å². The second-order valence-corrected chi connectivity index (χ2v) is 7.75. The van der Waals surface area contributed by atoms with E-state index < -0.39 is 10.0 Å². The largest absolute Gasteiger partial charge is 0.349 e. The molecule has 0 N–H and O–H groups in total. The van der Waals surface area contributed by atoms with Crippen LogP contribution in [0.2, 0.25) is 0 Å². The Morgan fingerprint density at radius 2 is 1.78 bits per heavy atom. The molecule has 0 atom stereocenters. The molecule has 2 rings (SSSR count). The van der Waals surface area contributed by atoms with Crippen LogP contribution in [-0.4, -0.2) is 71.2 Å². The fraction of sp³-hybridized carbons (Fsp3) is 0.533. The van der Waals surface area contributed by atoms with Crippen LogP contribution >= 0.6 is 24.0 Å². The molecule has 0 bridgehead atoms. The zero-order valence-electron chi connectivity index (χ0n) is 14.1. The van der Waals surface area contributed by atoms with Crippen LogP contribution in [0.25, 0.3) is 0 Å². The van der Waals surface area contributed by atoms with Crippen LogP contribution in [0.5, 0.6) is 0 Å². The highest BCUT2D eigenvalue weighted by atomic mass is 127. The van der Waals surface area contributed by atoms with E-state index in [1.807, 2.05) is 62.3 Å². The standard InChI is InChI=1S/C15H24N4O2S.HI/c1-17(2)15(18(3)4)16-10-12-22(20,21)19-11-9-13-7-5-6-8-14(13)19;/h5-8H,9-12H2,1-4H3;1H. The molecule has 0 spiro atoms. The van der Waals surface area contributed by atoms with Crippen LogP contribution in [-0.2, 0) is 16.4 Å². The van der Waals surface area contributed by atoms with E-state index >= 15 is 0 Å². The SMILES string of the molecule is CN(C)C(=NCCS(=O)(=O)N1CCc2ccccc21)N(C)C.I. The highest BCUT2D eigenvalue weighted by Crippen LogP contribution is 2.29. The van der Waals surface area contributed by atoms with Gasteiger partial charge in [-0.05, 0) is 18.1 Å². The van der Waals surface area contributed by atoms with Crippen molar-refractivity contribution in [2.45, 2.75) is 6.42 Å². The van der Waals surface area contributed by atoms with Crippen molar-refractivity contribution in [3.63, 3.8) is 0 Å². The second-order valence-electron chi connectivity index (χ2n) is 5.74. The Morgan fingerprint density at radius 1 is 1.17 bits per heavy atom. The number of halogens is 1. The summed E-state index contributed by atoms with van der Waals surface area (Å²) in [6.07, 6.45) is 0.777. The van der Waals surface area contributed by atoms with Gasteiger partial charge in [0.25, 0.3) is 0 Å². The van der Waals surface area contributed by atoms with Crippen LogP contribution in [0.1, 0.15) is 5.56 Å². The van der Waals surface area contributed by atoms with Crippen molar-refractivity contribution in [1.82, 2.24) is 9.80 Å². The summed E-state index contributed by atoms with van der Waals surface area (Å²) in [5.74, 6) is 0.781. The maximum atomic E-state index is 12.5. The molecule has 0 saturated carbocycles. The number of anilines is 1. The third-order valence-corrected chi connectivity index (χ3v) is 5.33. The lowest BCUT2D eigenvalue weighted by Gasteiger charge is -2.23. The van der Waals surface area contributed by atoms with Crippen molar-refractivity contribution < 1.29 is 8.42 Å². The van der Waals surface area contributed by atoms with Gasteiger partial charge in [-0.1, -0.05) is 18.2 Å². The summed E-state index contributed by atoms with van der Waals surface area (Å²) in [7, 11) is 4.24. The minimum absolute atomic E-state index is 0. The first kappa shape index (κ1) is 20.0. The summed E-state index contributed by atoms with van der Waals surface area (Å²) in [6, 6.07) is 7.67. The fourth-order valence-corrected chi connectivity index (χ4v) is 4.04. The number of fused-ring (bicyclic) bond motifs is 1. The number of aliphatic imine (C=N–C) groups is 1. The van der Waals surface area contributed by atoms with E-state index in [1.54, 1.807) is 0 Å². The van der Waals surface area contributed by atoms with Crippen molar-refractivity contribution in [2.24, 2.45) is 4.99 Å². The number of nitrogens with zero attached hydrogens (tertiary/aromatic N) is 4. The molecule has 0 aliphatic carbocycles. The lowest BCUT2D eigenvalue weighted by molar-refractivity contribution is 0.480. The Hall–Kier alpha value is -1.03. The first-order valence-corrected chi connectivity index (χ1v) is 8.91. The average molecular weight is 452 g/mol. The number of hydrogen-bond donors (Lipinski definition) is 0. The molecule has 1 aromatic carbocycles. The molecule has 8 heteroatoms. The maximum absolute atomic E-state index is 12.5. The van der Waals surface area contributed by atoms with Crippen LogP contribution in [0.3, 0.4) is 0 Å². The Morgan fingerprint density at radius 3 is 2.39 bits per heavy atom. The van der Waals surface area contributed by atoms with Gasteiger partial charge in [0, 0.05) is 34.7 Å². The van der Waals surface area contributed by atoms with Gasteiger partial charge in [0.2, 0.25) is 10.0 Å². The highest BCUT2D eigenvalue weighted by molar-refractivity contribution is 14.0. The Kier molecular flexibility index (Phi) is 7.12. The molecule has 0 aromatic heterocycles. The third-order valence-electron chi connectivity index (χ3n) is 3.58. The van der Waals surface area contributed by atoms with E-state index in [9.17, 15) is 8.42 Å². The van der Waals surface area contributed by atoms with E-state index in [-0.39, 0.29) is 36.3 Å². The molecule has 0 saturated heterocycles. The lowest BCUT2D eigenvalue weighted by Crippen LogP contribution is -2.37. The molecule has 23 heavy (non-hydrogen) atoms. The summed E-state index contributed by atoms with van der Waals surface area (Å²) in [5.41, 5.74) is 1.91. The van der Waals surface area contributed by atoms with Gasteiger partial charge in [0.15, 0.2) is 5.96 Å². The van der Waals surface area contributed by atoms with Gasteiger partial charge < -0.3 is 9.80 Å². The minimum atomic E-state index is -3.33. The highest BCUT2D eigenvalue weighted by Gasteiger charge is 2.28. The van der Waals surface area contributed by atoms with E-state index in [1.165, 1.54) is 4.31 Å². The van der Waals surface area contributed by atoms with Gasteiger partial charge in [0.1, 0.15) is 0 Å². The van der Waals surface area contributed by atoms with Crippen LogP contribution in [0.4, 0.5) is 5.69 Å². The summed E-state index contributed by atoms with van der Waals surface area (Å²) in [5, 5.41) is 0. The molecule has 130 valence electrons. The topological polar surface area (TPSA) is 56.2 Å². The zero-order valence-corrected chi connectivity index (χ0v) is 17.2. The summed E-state index contributed by atoms with van der Waals surface area (Å²) in [6.45, 7) is 0.784. The van der Waals surface area contributed by atoms with Gasteiger partial charge in [-0.3, -0.25) is 9.30 Å². The first-order valence-electron chi connectivity index (χ1n) is 7.30. The lowest BCUT2D eigenvalue weighted by atomic mass is 10.2. The first-order chi connectivity index (χ1) is 10.3. The van der Waals surface area contributed by atoms with Gasteiger partial charge in [-0.2, -0.15) is 0 Å². The van der Waals surface area contributed by atoms with Crippen molar-refractivity contribution in [2.75, 3.05) is 51.3 Å². The van der Waals surface area contributed by atoms with Crippen LogP contribution < -0.4 is 4.31 Å². The van der Waals surface area contributed by atoms with E-state index in [2.05, 4.69) is 4.99 Å². The van der Waals surface area contributed by atoms with Gasteiger partial charge in [-0.15, -0.1) is 24.0 Å². The van der Waals surface area contributed by atoms with Crippen molar-refractivity contribution in [3.8, 4) is 0 Å². The Balaban J connectivity index is 0.00000264. The van der Waals surface area contributed by atoms with Gasteiger partial charge in [-0.25, -0.2) is 8.42 Å². The van der Waals surface area contributed by atoms with Gasteiger partial charge >= 0.3 is 0 Å².